The van der Waals surface area contributed by atoms with Crippen molar-refractivity contribution in [3.8, 4) is 0 Å². The van der Waals surface area contributed by atoms with E-state index < -0.39 is 0 Å². The van der Waals surface area contributed by atoms with Crippen LogP contribution in [0.25, 0.3) is 0 Å². The number of fused-ring (bicyclic) bond motifs is 3. The van der Waals surface area contributed by atoms with Crippen molar-refractivity contribution in [2.75, 3.05) is 0 Å². The Morgan fingerprint density at radius 3 is 2.18 bits per heavy atom. The summed E-state index contributed by atoms with van der Waals surface area (Å²) >= 11 is 0. The van der Waals surface area contributed by atoms with Gasteiger partial charge >= 0.3 is 0 Å². The lowest BCUT2D eigenvalue weighted by Gasteiger charge is -2.64. The highest BCUT2D eigenvalue weighted by molar-refractivity contribution is 5.33. The molecule has 0 heteroatoms. The fourth-order valence-corrected chi connectivity index (χ4v) is 8.12. The summed E-state index contributed by atoms with van der Waals surface area (Å²) in [6.07, 6.45) is 10.8. The van der Waals surface area contributed by atoms with Gasteiger partial charge in [-0.25, -0.2) is 0 Å². The van der Waals surface area contributed by atoms with E-state index in [1.165, 1.54) is 67.2 Å². The van der Waals surface area contributed by atoms with E-state index in [0.29, 0.717) is 23.7 Å². The van der Waals surface area contributed by atoms with Gasteiger partial charge in [0.05, 0.1) is 0 Å². The Hall–Kier alpha value is -1.30. The molecule has 0 aliphatic heterocycles. The minimum absolute atomic E-state index is 0.0949. The summed E-state index contributed by atoms with van der Waals surface area (Å²) < 4.78 is 0. The maximum atomic E-state index is 4.67. The van der Waals surface area contributed by atoms with Crippen LogP contribution in [0.1, 0.15) is 72.6 Å². The average Bonchev–Trinajstić information content (AvgIpc) is 2.65. The van der Waals surface area contributed by atoms with Crippen LogP contribution >= 0.6 is 0 Å². The monoisotopic (exact) mass is 378 g/mol. The molecule has 0 spiro atoms. The van der Waals surface area contributed by atoms with E-state index in [9.17, 15) is 0 Å². The van der Waals surface area contributed by atoms with Crippen molar-refractivity contribution in [2.45, 2.75) is 72.6 Å². The molecular weight excluding hydrogens is 336 g/mol. The lowest BCUT2D eigenvalue weighted by atomic mass is 9.40. The maximum Gasteiger partial charge on any atom is 0.0141 e. The summed E-state index contributed by atoms with van der Waals surface area (Å²) in [5, 5.41) is 0. The molecule has 0 amide bonds. The van der Waals surface area contributed by atoms with Crippen LogP contribution in [-0.4, -0.2) is 0 Å². The highest BCUT2D eigenvalue weighted by atomic mass is 14.6. The van der Waals surface area contributed by atoms with Crippen LogP contribution in [0.3, 0.4) is 0 Å². The lowest BCUT2D eigenvalue weighted by Crippen LogP contribution is -2.56. The first kappa shape index (κ1) is 21.4. The highest BCUT2D eigenvalue weighted by Crippen LogP contribution is 2.69. The molecule has 154 valence electrons. The molecule has 3 fully saturated rings. The first-order chi connectivity index (χ1) is 13.2. The fraction of sp³-hybridized carbons (Fsp3) is 0.643. The molecular formula is C28H42. The molecule has 0 nitrogen and oxygen atoms in total. The van der Waals surface area contributed by atoms with Crippen molar-refractivity contribution >= 4 is 0 Å². The van der Waals surface area contributed by atoms with E-state index in [4.69, 9.17) is 0 Å². The van der Waals surface area contributed by atoms with Gasteiger partial charge in [-0.2, -0.15) is 0 Å². The number of rotatable bonds is 5. The molecule has 0 aromatic heterocycles. The van der Waals surface area contributed by atoms with Crippen molar-refractivity contribution < 1.29 is 0 Å². The molecule has 0 N–H and O–H groups in total. The first-order valence-corrected chi connectivity index (χ1v) is 11.4. The van der Waals surface area contributed by atoms with Gasteiger partial charge in [0.15, 0.2) is 0 Å². The molecule has 0 saturated heterocycles. The van der Waals surface area contributed by atoms with Crippen LogP contribution in [0.15, 0.2) is 61.3 Å². The Labute approximate surface area is 174 Å². The molecule has 3 aliphatic carbocycles. The topological polar surface area (TPSA) is 0 Å². The third-order valence-corrected chi connectivity index (χ3v) is 9.35. The van der Waals surface area contributed by atoms with Crippen LogP contribution in [0, 0.1) is 40.4 Å². The zero-order valence-corrected chi connectivity index (χ0v) is 18.9. The highest BCUT2D eigenvalue weighted by Gasteiger charge is 2.60. The second-order valence-corrected chi connectivity index (χ2v) is 10.4. The minimum atomic E-state index is 0.0949. The number of hydrogen-bond acceptors (Lipinski definition) is 0. The predicted octanol–water partition coefficient (Wildman–Crippen LogP) is 8.30. The fourth-order valence-electron chi connectivity index (χ4n) is 8.12. The molecule has 0 radical (unpaired) electrons. The molecule has 0 aromatic rings. The first-order valence-electron chi connectivity index (χ1n) is 11.4. The van der Waals surface area contributed by atoms with Crippen molar-refractivity contribution in [1.82, 2.24) is 0 Å². The van der Waals surface area contributed by atoms with Gasteiger partial charge in [0, 0.05) is 10.8 Å². The van der Waals surface area contributed by atoms with E-state index in [1.807, 2.05) is 0 Å². The average molecular weight is 379 g/mol. The third-order valence-electron chi connectivity index (χ3n) is 9.35. The Bertz CT molecular complexity index is 690. The Morgan fingerprint density at radius 1 is 1.04 bits per heavy atom. The van der Waals surface area contributed by atoms with Crippen molar-refractivity contribution in [3.05, 3.63) is 61.3 Å². The van der Waals surface area contributed by atoms with Gasteiger partial charge in [-0.05, 0) is 88.9 Å². The SMILES string of the molecule is C=CC1CCC2(C(=C)C)C(C1)C(=C)CC1C(CC)C(C(=C)C)(C(=C)C)CCC12. The summed E-state index contributed by atoms with van der Waals surface area (Å²) in [7, 11) is 0. The summed E-state index contributed by atoms with van der Waals surface area (Å²) in [5.41, 5.74) is 5.86. The Kier molecular flexibility index (Phi) is 5.74. The predicted molar refractivity (Wildman–Crippen MR) is 124 cm³/mol. The van der Waals surface area contributed by atoms with E-state index in [1.54, 1.807) is 0 Å². The van der Waals surface area contributed by atoms with Gasteiger partial charge in [-0.1, -0.05) is 68.0 Å². The second-order valence-electron chi connectivity index (χ2n) is 10.4. The molecule has 3 saturated carbocycles. The van der Waals surface area contributed by atoms with Crippen LogP contribution in [0.4, 0.5) is 0 Å². The Balaban J connectivity index is 2.10. The van der Waals surface area contributed by atoms with Gasteiger partial charge in [-0.3, -0.25) is 0 Å². The van der Waals surface area contributed by atoms with Crippen LogP contribution in [0.2, 0.25) is 0 Å². The maximum absolute atomic E-state index is 4.67. The van der Waals surface area contributed by atoms with E-state index in [-0.39, 0.29) is 10.8 Å². The van der Waals surface area contributed by atoms with Crippen LogP contribution in [0.5, 0.6) is 0 Å². The summed E-state index contributed by atoms with van der Waals surface area (Å²) in [4.78, 5) is 0. The largest absolute Gasteiger partial charge is 0.103 e. The molecule has 0 heterocycles. The zero-order valence-electron chi connectivity index (χ0n) is 18.9. The van der Waals surface area contributed by atoms with Crippen LogP contribution < -0.4 is 0 Å². The summed E-state index contributed by atoms with van der Waals surface area (Å²) in [6, 6.07) is 0. The molecule has 6 unspecified atom stereocenters. The number of allylic oxidation sites excluding steroid dienone is 5. The molecule has 0 aromatic carbocycles. The summed E-state index contributed by atoms with van der Waals surface area (Å²) in [6.45, 7) is 31.5. The molecule has 3 aliphatic rings. The standard InChI is InChI=1S/C28H42/c1-10-22-12-14-28(20(7)8)25-13-15-27(18(3)4,19(5)6)24(11-2)23(25)16-21(9)26(28)17-22/h10,22-26H,1,3,5,7,9,11-17H2,2,4,6,8H3. The Morgan fingerprint density at radius 2 is 1.68 bits per heavy atom. The van der Waals surface area contributed by atoms with Crippen molar-refractivity contribution in [3.63, 3.8) is 0 Å². The van der Waals surface area contributed by atoms with Gasteiger partial charge in [0.2, 0.25) is 0 Å². The summed E-state index contributed by atoms with van der Waals surface area (Å²) in [5.74, 6) is 3.24. The number of hydrogen-bond donors (Lipinski definition) is 0. The lowest BCUT2D eigenvalue weighted by molar-refractivity contribution is -0.0712. The molecule has 28 heavy (non-hydrogen) atoms. The van der Waals surface area contributed by atoms with Crippen LogP contribution in [-0.2, 0) is 0 Å². The van der Waals surface area contributed by atoms with Crippen molar-refractivity contribution in [1.29, 1.82) is 0 Å². The normalized spacial score (nSPS) is 39.4. The van der Waals surface area contributed by atoms with Gasteiger partial charge in [-0.15, -0.1) is 6.58 Å². The molecule has 6 atom stereocenters. The smallest absolute Gasteiger partial charge is 0.0141 e. The quantitative estimate of drug-likeness (QED) is 0.422. The third kappa shape index (κ3) is 2.78. The van der Waals surface area contributed by atoms with Gasteiger partial charge in [0.1, 0.15) is 0 Å². The van der Waals surface area contributed by atoms with E-state index in [0.717, 1.165) is 5.92 Å². The van der Waals surface area contributed by atoms with Gasteiger partial charge < -0.3 is 0 Å². The van der Waals surface area contributed by atoms with E-state index in [2.05, 4.69) is 66.7 Å². The van der Waals surface area contributed by atoms with E-state index >= 15 is 0 Å². The van der Waals surface area contributed by atoms with Crippen molar-refractivity contribution in [2.24, 2.45) is 40.4 Å². The zero-order chi connectivity index (χ0) is 20.9. The second kappa shape index (κ2) is 7.51. The minimum Gasteiger partial charge on any atom is -0.103 e. The molecule has 3 rings (SSSR count). The van der Waals surface area contributed by atoms with Gasteiger partial charge in [0.25, 0.3) is 0 Å². The molecule has 0 bridgehead atoms.